The molecule has 1 N–H and O–H groups in total. The number of carbonyl (C=O) groups is 1. The van der Waals surface area contributed by atoms with Gasteiger partial charge in [0.2, 0.25) is 5.91 Å². The molecule has 0 saturated heterocycles. The number of nitro groups is 1. The van der Waals surface area contributed by atoms with Crippen molar-refractivity contribution in [2.75, 3.05) is 14.2 Å². The summed E-state index contributed by atoms with van der Waals surface area (Å²) in [5.74, 6) is 1.48. The summed E-state index contributed by atoms with van der Waals surface area (Å²) in [5, 5.41) is 17.4. The molecular formula is C20H19N3O6. The Morgan fingerprint density at radius 1 is 1.10 bits per heavy atom. The number of ether oxygens (including phenoxy) is 2. The average Bonchev–Trinajstić information content (AvgIpc) is 3.21. The van der Waals surface area contributed by atoms with Crippen LogP contribution in [0, 0.1) is 10.1 Å². The van der Waals surface area contributed by atoms with Crippen molar-refractivity contribution in [3.05, 3.63) is 69.9 Å². The van der Waals surface area contributed by atoms with Gasteiger partial charge in [0.15, 0.2) is 17.3 Å². The molecule has 2 aromatic carbocycles. The molecule has 1 amide bonds. The number of nitrogens with one attached hydrogen (secondary N) is 1. The van der Waals surface area contributed by atoms with Gasteiger partial charge in [0.25, 0.3) is 5.69 Å². The average molecular weight is 397 g/mol. The van der Waals surface area contributed by atoms with Crippen molar-refractivity contribution in [2.45, 2.75) is 13.0 Å². The fourth-order valence-electron chi connectivity index (χ4n) is 2.69. The van der Waals surface area contributed by atoms with Crippen LogP contribution in [-0.4, -0.2) is 30.2 Å². The van der Waals surface area contributed by atoms with E-state index in [9.17, 15) is 14.9 Å². The summed E-state index contributed by atoms with van der Waals surface area (Å²) in [4.78, 5) is 22.3. The zero-order chi connectivity index (χ0) is 20.8. The van der Waals surface area contributed by atoms with Gasteiger partial charge in [-0.2, -0.15) is 0 Å². The molecule has 0 aliphatic carbocycles. The molecule has 0 fully saturated rings. The van der Waals surface area contributed by atoms with Gasteiger partial charge < -0.3 is 19.3 Å². The summed E-state index contributed by atoms with van der Waals surface area (Å²) < 4.78 is 15.8. The lowest BCUT2D eigenvalue weighted by atomic mass is 10.1. The highest BCUT2D eigenvalue weighted by molar-refractivity contribution is 5.78. The van der Waals surface area contributed by atoms with E-state index >= 15 is 0 Å². The predicted molar refractivity (Wildman–Crippen MR) is 104 cm³/mol. The molecule has 0 aliphatic heterocycles. The van der Waals surface area contributed by atoms with Crippen molar-refractivity contribution in [1.29, 1.82) is 0 Å². The fourth-order valence-corrected chi connectivity index (χ4v) is 2.69. The minimum atomic E-state index is -0.482. The number of aromatic nitrogens is 1. The minimum Gasteiger partial charge on any atom is -0.493 e. The zero-order valence-corrected chi connectivity index (χ0v) is 15.9. The topological polar surface area (TPSA) is 117 Å². The molecule has 0 aliphatic rings. The second kappa shape index (κ2) is 8.87. The Labute approximate surface area is 166 Å². The molecule has 9 nitrogen and oxygen atoms in total. The van der Waals surface area contributed by atoms with Crippen molar-refractivity contribution < 1.29 is 23.7 Å². The molecule has 9 heteroatoms. The number of nitrogens with zero attached hydrogens (tertiary/aromatic N) is 2. The maximum atomic E-state index is 12.1. The Morgan fingerprint density at radius 2 is 1.83 bits per heavy atom. The molecule has 0 spiro atoms. The lowest BCUT2D eigenvalue weighted by molar-refractivity contribution is -0.384. The standard InChI is InChI=1S/C20H19N3O6/c1-27-17-8-5-14(10-19(17)28-2)18-11-15(22-29-18)12-21-20(24)9-13-3-6-16(7-4-13)23(25)26/h3-8,10-11H,9,12H2,1-2H3,(H,21,24). The van der Waals surface area contributed by atoms with E-state index in [0.29, 0.717) is 28.5 Å². The quantitative estimate of drug-likeness (QED) is 0.458. The van der Waals surface area contributed by atoms with Crippen molar-refractivity contribution in [3.63, 3.8) is 0 Å². The van der Waals surface area contributed by atoms with Crippen LogP contribution in [0.4, 0.5) is 5.69 Å². The largest absolute Gasteiger partial charge is 0.493 e. The highest BCUT2D eigenvalue weighted by atomic mass is 16.6. The first kappa shape index (κ1) is 19.9. The Hall–Kier alpha value is -3.88. The predicted octanol–water partition coefficient (Wildman–Crippen LogP) is 3.13. The van der Waals surface area contributed by atoms with Gasteiger partial charge in [-0.25, -0.2) is 0 Å². The van der Waals surface area contributed by atoms with Gasteiger partial charge in [-0.3, -0.25) is 14.9 Å². The van der Waals surface area contributed by atoms with Gasteiger partial charge in [0, 0.05) is 23.8 Å². The highest BCUT2D eigenvalue weighted by Crippen LogP contribution is 2.32. The van der Waals surface area contributed by atoms with Crippen LogP contribution in [0.15, 0.2) is 53.1 Å². The van der Waals surface area contributed by atoms with Gasteiger partial charge in [-0.15, -0.1) is 0 Å². The van der Waals surface area contributed by atoms with Crippen LogP contribution in [0.3, 0.4) is 0 Å². The zero-order valence-electron chi connectivity index (χ0n) is 15.9. The first-order chi connectivity index (χ1) is 14.0. The summed E-state index contributed by atoms with van der Waals surface area (Å²) >= 11 is 0. The van der Waals surface area contributed by atoms with Gasteiger partial charge >= 0.3 is 0 Å². The second-order valence-electron chi connectivity index (χ2n) is 6.13. The molecule has 1 aromatic heterocycles. The second-order valence-corrected chi connectivity index (χ2v) is 6.13. The lowest BCUT2D eigenvalue weighted by Crippen LogP contribution is -2.24. The van der Waals surface area contributed by atoms with E-state index in [1.807, 2.05) is 6.07 Å². The number of nitro benzene ring substituents is 1. The monoisotopic (exact) mass is 397 g/mol. The van der Waals surface area contributed by atoms with Crippen LogP contribution < -0.4 is 14.8 Å². The van der Waals surface area contributed by atoms with Crippen molar-refractivity contribution in [3.8, 4) is 22.8 Å². The van der Waals surface area contributed by atoms with Gasteiger partial charge in [0.05, 0.1) is 32.1 Å². The molecular weight excluding hydrogens is 378 g/mol. The first-order valence-electron chi connectivity index (χ1n) is 8.68. The van der Waals surface area contributed by atoms with Gasteiger partial charge in [-0.1, -0.05) is 17.3 Å². The van der Waals surface area contributed by atoms with Crippen molar-refractivity contribution in [2.24, 2.45) is 0 Å². The number of carbonyl (C=O) groups excluding carboxylic acids is 1. The van der Waals surface area contributed by atoms with Crippen LogP contribution in [0.5, 0.6) is 11.5 Å². The number of benzene rings is 2. The van der Waals surface area contributed by atoms with E-state index in [-0.39, 0.29) is 24.6 Å². The number of hydrogen-bond donors (Lipinski definition) is 1. The molecule has 29 heavy (non-hydrogen) atoms. The maximum absolute atomic E-state index is 12.1. The Morgan fingerprint density at radius 3 is 2.48 bits per heavy atom. The normalized spacial score (nSPS) is 10.4. The van der Waals surface area contributed by atoms with Crippen LogP contribution in [-0.2, 0) is 17.8 Å². The molecule has 0 saturated carbocycles. The van der Waals surface area contributed by atoms with Crippen LogP contribution in [0.1, 0.15) is 11.3 Å². The number of methoxy groups -OCH3 is 2. The molecule has 0 bridgehead atoms. The fraction of sp³-hybridized carbons (Fsp3) is 0.200. The summed E-state index contributed by atoms with van der Waals surface area (Å²) in [6, 6.07) is 12.9. The van der Waals surface area contributed by atoms with Crippen LogP contribution in [0.25, 0.3) is 11.3 Å². The summed E-state index contributed by atoms with van der Waals surface area (Å²) in [6.45, 7) is 0.197. The Balaban J connectivity index is 1.59. The number of rotatable bonds is 8. The molecule has 0 unspecified atom stereocenters. The summed E-state index contributed by atoms with van der Waals surface area (Å²) in [5.41, 5.74) is 1.99. The van der Waals surface area contributed by atoms with E-state index in [1.165, 1.54) is 12.1 Å². The number of non-ortho nitro benzene ring substituents is 1. The Bertz CT molecular complexity index is 1010. The number of hydrogen-bond acceptors (Lipinski definition) is 7. The van der Waals surface area contributed by atoms with Crippen LogP contribution in [0.2, 0.25) is 0 Å². The molecule has 0 atom stereocenters. The molecule has 3 rings (SSSR count). The van der Waals surface area contributed by atoms with E-state index in [0.717, 1.165) is 5.56 Å². The number of amides is 1. The SMILES string of the molecule is COc1ccc(-c2cc(CNC(=O)Cc3ccc([N+](=O)[O-])cc3)no2)cc1OC. The first-order valence-corrected chi connectivity index (χ1v) is 8.68. The smallest absolute Gasteiger partial charge is 0.269 e. The third kappa shape index (κ3) is 4.89. The summed E-state index contributed by atoms with van der Waals surface area (Å²) in [6.07, 6.45) is 0.110. The van der Waals surface area contributed by atoms with Crippen molar-refractivity contribution >= 4 is 11.6 Å². The Kier molecular flexibility index (Phi) is 6.08. The van der Waals surface area contributed by atoms with E-state index in [4.69, 9.17) is 14.0 Å². The van der Waals surface area contributed by atoms with E-state index in [1.54, 1.807) is 44.6 Å². The third-order valence-electron chi connectivity index (χ3n) is 4.21. The minimum absolute atomic E-state index is 0.0144. The molecule has 0 radical (unpaired) electrons. The van der Waals surface area contributed by atoms with E-state index < -0.39 is 4.92 Å². The van der Waals surface area contributed by atoms with Gasteiger partial charge in [-0.05, 0) is 23.8 Å². The van der Waals surface area contributed by atoms with Crippen molar-refractivity contribution in [1.82, 2.24) is 10.5 Å². The van der Waals surface area contributed by atoms with E-state index in [2.05, 4.69) is 10.5 Å². The molecule has 150 valence electrons. The molecule has 1 heterocycles. The van der Waals surface area contributed by atoms with Crippen LogP contribution >= 0.6 is 0 Å². The maximum Gasteiger partial charge on any atom is 0.269 e. The third-order valence-corrected chi connectivity index (χ3v) is 4.21. The lowest BCUT2D eigenvalue weighted by Gasteiger charge is -2.07. The molecule has 3 aromatic rings. The summed E-state index contributed by atoms with van der Waals surface area (Å²) in [7, 11) is 3.11. The highest BCUT2D eigenvalue weighted by Gasteiger charge is 2.12. The van der Waals surface area contributed by atoms with Gasteiger partial charge in [0.1, 0.15) is 5.69 Å².